The quantitative estimate of drug-likeness (QED) is 0.685. The predicted octanol–water partition coefficient (Wildman–Crippen LogP) is 2.26. The van der Waals surface area contributed by atoms with Crippen molar-refractivity contribution in [1.82, 2.24) is 0 Å². The first-order valence-corrected chi connectivity index (χ1v) is 5.46. The molecule has 2 nitrogen and oxygen atoms in total. The number of nitrogens with two attached hydrogens (primary N) is 1. The van der Waals surface area contributed by atoms with Crippen LogP contribution in [0, 0.1) is 5.92 Å². The van der Waals surface area contributed by atoms with Gasteiger partial charge in [0.05, 0.1) is 11.4 Å². The van der Waals surface area contributed by atoms with Gasteiger partial charge in [0.2, 0.25) is 0 Å². The summed E-state index contributed by atoms with van der Waals surface area (Å²) < 4.78 is 0. The summed E-state index contributed by atoms with van der Waals surface area (Å²) in [5.74, 6) is 0.930. The summed E-state index contributed by atoms with van der Waals surface area (Å²) in [6, 6.07) is 9.01. The van der Waals surface area contributed by atoms with Crippen molar-refractivity contribution in [3.05, 3.63) is 24.3 Å². The first kappa shape index (κ1) is 8.16. The van der Waals surface area contributed by atoms with Crippen molar-refractivity contribution in [1.29, 1.82) is 0 Å². The highest BCUT2D eigenvalue weighted by molar-refractivity contribution is 5.68. The Balaban J connectivity index is 1.93. The molecule has 1 saturated heterocycles. The van der Waals surface area contributed by atoms with Gasteiger partial charge in [-0.1, -0.05) is 12.1 Å². The molecule has 1 aliphatic carbocycles. The third-order valence-corrected chi connectivity index (χ3v) is 3.66. The second kappa shape index (κ2) is 2.91. The predicted molar refractivity (Wildman–Crippen MR) is 59.3 cm³/mol. The molecule has 0 radical (unpaired) electrons. The van der Waals surface area contributed by atoms with E-state index in [1.165, 1.54) is 31.5 Å². The van der Waals surface area contributed by atoms with Crippen LogP contribution in [0.5, 0.6) is 0 Å². The van der Waals surface area contributed by atoms with Crippen molar-refractivity contribution in [2.24, 2.45) is 5.92 Å². The normalized spacial score (nSPS) is 29.9. The lowest BCUT2D eigenvalue weighted by molar-refractivity contribution is 0.554. The number of nitrogens with zero attached hydrogens (tertiary/aromatic N) is 1. The number of benzene rings is 1. The minimum absolute atomic E-state index is 0.768. The van der Waals surface area contributed by atoms with E-state index < -0.39 is 0 Å². The van der Waals surface area contributed by atoms with E-state index in [2.05, 4.69) is 17.0 Å². The molecule has 0 spiro atoms. The topological polar surface area (TPSA) is 29.3 Å². The van der Waals surface area contributed by atoms with Crippen molar-refractivity contribution in [3.63, 3.8) is 0 Å². The molecular formula is C12H16N2. The van der Waals surface area contributed by atoms with Crippen LogP contribution in [0.15, 0.2) is 24.3 Å². The maximum atomic E-state index is 5.99. The van der Waals surface area contributed by atoms with E-state index in [9.17, 15) is 0 Å². The highest BCUT2D eigenvalue weighted by Gasteiger charge is 2.38. The Morgan fingerprint density at radius 3 is 2.71 bits per heavy atom. The lowest BCUT2D eigenvalue weighted by Crippen LogP contribution is -2.32. The number of para-hydroxylation sites is 2. The summed E-state index contributed by atoms with van der Waals surface area (Å²) in [5, 5.41) is 0. The monoisotopic (exact) mass is 188 g/mol. The summed E-state index contributed by atoms with van der Waals surface area (Å²) in [7, 11) is 0. The Hall–Kier alpha value is -1.18. The Morgan fingerprint density at radius 1 is 1.21 bits per heavy atom. The first-order chi connectivity index (χ1) is 6.84. The molecule has 14 heavy (non-hydrogen) atoms. The molecule has 2 atom stereocenters. The van der Waals surface area contributed by atoms with E-state index >= 15 is 0 Å². The van der Waals surface area contributed by atoms with Gasteiger partial charge in [-0.05, 0) is 37.3 Å². The largest absolute Gasteiger partial charge is 0.397 e. The molecule has 2 heteroatoms. The van der Waals surface area contributed by atoms with Crippen molar-refractivity contribution in [3.8, 4) is 0 Å². The molecule has 2 bridgehead atoms. The van der Waals surface area contributed by atoms with Gasteiger partial charge in [0.25, 0.3) is 0 Å². The van der Waals surface area contributed by atoms with Crippen molar-refractivity contribution < 1.29 is 0 Å². The summed E-state index contributed by atoms with van der Waals surface area (Å²) >= 11 is 0. The van der Waals surface area contributed by atoms with Gasteiger partial charge in [0.15, 0.2) is 0 Å². The van der Waals surface area contributed by atoms with Crippen LogP contribution >= 0.6 is 0 Å². The first-order valence-electron chi connectivity index (χ1n) is 5.46. The number of anilines is 2. The Labute approximate surface area is 84.7 Å². The SMILES string of the molecule is Nc1ccccc1N1C[C@@H]2CC[C@@H]1C2. The van der Waals surface area contributed by atoms with Gasteiger partial charge in [0, 0.05) is 12.6 Å². The number of piperidine rings is 1. The van der Waals surface area contributed by atoms with Crippen LogP contribution in [0.3, 0.4) is 0 Å². The fourth-order valence-electron chi connectivity index (χ4n) is 2.97. The maximum Gasteiger partial charge on any atom is 0.0602 e. The lowest BCUT2D eigenvalue weighted by Gasteiger charge is -2.30. The molecule has 0 unspecified atom stereocenters. The molecule has 1 saturated carbocycles. The zero-order valence-electron chi connectivity index (χ0n) is 8.32. The minimum atomic E-state index is 0.768. The van der Waals surface area contributed by atoms with Crippen LogP contribution in [-0.2, 0) is 0 Å². The smallest absolute Gasteiger partial charge is 0.0602 e. The molecule has 0 amide bonds. The van der Waals surface area contributed by atoms with E-state index in [4.69, 9.17) is 5.73 Å². The lowest BCUT2D eigenvalue weighted by atomic mass is 10.1. The van der Waals surface area contributed by atoms with E-state index in [0.717, 1.165) is 17.6 Å². The van der Waals surface area contributed by atoms with Crippen molar-refractivity contribution in [2.45, 2.75) is 25.3 Å². The highest BCUT2D eigenvalue weighted by Crippen LogP contribution is 2.41. The third kappa shape index (κ3) is 1.10. The highest BCUT2D eigenvalue weighted by atomic mass is 15.2. The van der Waals surface area contributed by atoms with Gasteiger partial charge in [-0.3, -0.25) is 0 Å². The van der Waals surface area contributed by atoms with Crippen LogP contribution in [0.25, 0.3) is 0 Å². The molecule has 2 aliphatic rings. The van der Waals surface area contributed by atoms with Gasteiger partial charge in [0.1, 0.15) is 0 Å². The van der Waals surface area contributed by atoms with Crippen LogP contribution in [0.2, 0.25) is 0 Å². The molecule has 2 fully saturated rings. The van der Waals surface area contributed by atoms with Crippen molar-refractivity contribution >= 4 is 11.4 Å². The molecule has 2 N–H and O–H groups in total. The second-order valence-electron chi connectivity index (χ2n) is 4.54. The van der Waals surface area contributed by atoms with E-state index in [1.807, 2.05) is 12.1 Å². The van der Waals surface area contributed by atoms with Gasteiger partial charge in [-0.2, -0.15) is 0 Å². The van der Waals surface area contributed by atoms with Gasteiger partial charge in [-0.25, -0.2) is 0 Å². The number of hydrogen-bond acceptors (Lipinski definition) is 2. The summed E-state index contributed by atoms with van der Waals surface area (Å²) in [5.41, 5.74) is 8.17. The third-order valence-electron chi connectivity index (χ3n) is 3.66. The number of hydrogen-bond donors (Lipinski definition) is 1. The molecule has 74 valence electrons. The fraction of sp³-hybridized carbons (Fsp3) is 0.500. The van der Waals surface area contributed by atoms with Gasteiger partial charge >= 0.3 is 0 Å². The van der Waals surface area contributed by atoms with Crippen LogP contribution in [0.1, 0.15) is 19.3 Å². The molecule has 0 aromatic heterocycles. The molecular weight excluding hydrogens is 172 g/mol. The average molecular weight is 188 g/mol. The summed E-state index contributed by atoms with van der Waals surface area (Å²) in [6.45, 7) is 1.22. The van der Waals surface area contributed by atoms with Crippen LogP contribution in [-0.4, -0.2) is 12.6 Å². The number of nitrogen functional groups attached to an aromatic ring is 1. The second-order valence-corrected chi connectivity index (χ2v) is 4.54. The molecule has 1 aliphatic heterocycles. The van der Waals surface area contributed by atoms with Gasteiger partial charge in [-0.15, -0.1) is 0 Å². The standard InChI is InChI=1S/C12H16N2/c13-11-3-1-2-4-12(11)14-8-9-5-6-10(14)7-9/h1-4,9-10H,5-8,13H2/t9-,10-/m1/s1. The fourth-order valence-corrected chi connectivity index (χ4v) is 2.97. The summed E-state index contributed by atoms with van der Waals surface area (Å²) in [6.07, 6.45) is 4.17. The van der Waals surface area contributed by atoms with Gasteiger partial charge < -0.3 is 10.6 Å². The zero-order valence-corrected chi connectivity index (χ0v) is 8.32. The molecule has 3 rings (SSSR count). The minimum Gasteiger partial charge on any atom is -0.397 e. The van der Waals surface area contributed by atoms with Crippen LogP contribution < -0.4 is 10.6 Å². The Bertz CT molecular complexity index is 348. The molecule has 1 heterocycles. The van der Waals surface area contributed by atoms with Crippen LogP contribution in [0.4, 0.5) is 11.4 Å². The number of fused-ring (bicyclic) bond motifs is 2. The average Bonchev–Trinajstić information content (AvgIpc) is 2.79. The Kier molecular flexibility index (Phi) is 1.69. The summed E-state index contributed by atoms with van der Waals surface area (Å²) in [4.78, 5) is 2.50. The van der Waals surface area contributed by atoms with E-state index in [-0.39, 0.29) is 0 Å². The maximum absolute atomic E-state index is 5.99. The van der Waals surface area contributed by atoms with Crippen molar-refractivity contribution in [2.75, 3.05) is 17.2 Å². The number of rotatable bonds is 1. The molecule has 1 aromatic carbocycles. The zero-order chi connectivity index (χ0) is 9.54. The van der Waals surface area contributed by atoms with E-state index in [0.29, 0.717) is 0 Å². The van der Waals surface area contributed by atoms with E-state index in [1.54, 1.807) is 0 Å². The molecule has 1 aromatic rings. The Morgan fingerprint density at radius 2 is 2.07 bits per heavy atom.